The molecule has 0 saturated heterocycles. The number of hydrogen-bond acceptors (Lipinski definition) is 4. The predicted molar refractivity (Wildman–Crippen MR) is 39.0 cm³/mol. The molecule has 0 fully saturated rings. The number of oxime groups is 1. The molecule has 0 rings (SSSR count). The molecule has 0 aromatic carbocycles. The standard InChI is InChI=1S/C4H8NO6P/c1-11-5-3(4(6)7)2-12(8,9)10/h2H2,1H3,(H,6,7)(H2,8,9,10). The van der Waals surface area contributed by atoms with Crippen LogP contribution in [-0.2, 0) is 14.2 Å². The smallest absolute Gasteiger partial charge is 0.354 e. The molecule has 0 aliphatic carbocycles. The lowest BCUT2D eigenvalue weighted by Crippen LogP contribution is -2.17. The molecular weight excluding hydrogens is 189 g/mol. The summed E-state index contributed by atoms with van der Waals surface area (Å²) in [4.78, 5) is 31.0. The minimum atomic E-state index is -4.40. The van der Waals surface area contributed by atoms with Gasteiger partial charge in [0.05, 0.1) is 0 Å². The minimum absolute atomic E-state index is 0.703. The number of carboxylic acid groups (broad SMARTS) is 1. The molecule has 0 aromatic heterocycles. The highest BCUT2D eigenvalue weighted by atomic mass is 31.2. The average molecular weight is 197 g/mol. The highest BCUT2D eigenvalue weighted by Crippen LogP contribution is 2.34. The lowest BCUT2D eigenvalue weighted by Gasteiger charge is -2.01. The Morgan fingerprint density at radius 1 is 1.58 bits per heavy atom. The first kappa shape index (κ1) is 11.1. The molecule has 0 bridgehead atoms. The summed E-state index contributed by atoms with van der Waals surface area (Å²) in [6, 6.07) is 0. The minimum Gasteiger partial charge on any atom is -0.477 e. The molecule has 0 heterocycles. The van der Waals surface area contributed by atoms with Crippen LogP contribution in [-0.4, -0.2) is 39.8 Å². The van der Waals surface area contributed by atoms with E-state index in [1.165, 1.54) is 0 Å². The molecule has 0 aliphatic heterocycles. The second-order valence-corrected chi connectivity index (χ2v) is 3.49. The molecule has 0 saturated carbocycles. The van der Waals surface area contributed by atoms with Crippen molar-refractivity contribution in [2.45, 2.75) is 0 Å². The Balaban J connectivity index is 4.47. The van der Waals surface area contributed by atoms with E-state index in [0.717, 1.165) is 7.11 Å². The molecule has 12 heavy (non-hydrogen) atoms. The van der Waals surface area contributed by atoms with Gasteiger partial charge in [0.25, 0.3) is 0 Å². The Labute approximate surface area is 67.8 Å². The zero-order valence-electron chi connectivity index (χ0n) is 6.17. The van der Waals surface area contributed by atoms with Crippen molar-refractivity contribution < 1.29 is 29.1 Å². The quantitative estimate of drug-likeness (QED) is 0.310. The van der Waals surface area contributed by atoms with Gasteiger partial charge < -0.3 is 19.7 Å². The van der Waals surface area contributed by atoms with Crippen molar-refractivity contribution in [1.29, 1.82) is 0 Å². The van der Waals surface area contributed by atoms with Gasteiger partial charge in [-0.3, -0.25) is 4.57 Å². The summed E-state index contributed by atoms with van der Waals surface area (Å²) in [5.74, 6) is -1.51. The summed E-state index contributed by atoms with van der Waals surface area (Å²) in [5.41, 5.74) is -0.703. The van der Waals surface area contributed by atoms with Gasteiger partial charge in [0.1, 0.15) is 13.3 Å². The van der Waals surface area contributed by atoms with Crippen molar-refractivity contribution in [2.24, 2.45) is 5.16 Å². The van der Waals surface area contributed by atoms with Gasteiger partial charge in [-0.15, -0.1) is 0 Å². The van der Waals surface area contributed by atoms with E-state index in [0.29, 0.717) is 0 Å². The van der Waals surface area contributed by atoms with E-state index in [4.69, 9.17) is 14.9 Å². The molecule has 0 radical (unpaired) electrons. The zero-order chi connectivity index (χ0) is 9.78. The number of aliphatic carboxylic acids is 1. The average Bonchev–Trinajstić information content (AvgIpc) is 1.83. The highest BCUT2D eigenvalue weighted by Gasteiger charge is 2.22. The van der Waals surface area contributed by atoms with Gasteiger partial charge in [-0.05, 0) is 0 Å². The Bertz CT molecular complexity index is 242. The van der Waals surface area contributed by atoms with Crippen LogP contribution in [0.3, 0.4) is 0 Å². The van der Waals surface area contributed by atoms with E-state index in [1.807, 2.05) is 0 Å². The normalized spacial score (nSPS) is 12.8. The van der Waals surface area contributed by atoms with Crippen LogP contribution in [0.5, 0.6) is 0 Å². The van der Waals surface area contributed by atoms with E-state index in [9.17, 15) is 9.36 Å². The third-order valence-electron chi connectivity index (χ3n) is 0.804. The molecule has 8 heteroatoms. The first-order valence-corrected chi connectivity index (χ1v) is 4.54. The molecule has 0 spiro atoms. The van der Waals surface area contributed by atoms with E-state index in [2.05, 4.69) is 9.99 Å². The van der Waals surface area contributed by atoms with Crippen molar-refractivity contribution in [2.75, 3.05) is 13.3 Å². The van der Waals surface area contributed by atoms with Crippen molar-refractivity contribution in [3.05, 3.63) is 0 Å². The SMILES string of the molecule is CON=C(CP(=O)(O)O)C(=O)O. The van der Waals surface area contributed by atoms with Crippen molar-refractivity contribution in [1.82, 2.24) is 0 Å². The number of hydrogen-bond donors (Lipinski definition) is 3. The summed E-state index contributed by atoms with van der Waals surface area (Å²) < 4.78 is 10.3. The van der Waals surface area contributed by atoms with Crippen LogP contribution in [0.2, 0.25) is 0 Å². The summed E-state index contributed by atoms with van der Waals surface area (Å²) in [5, 5.41) is 11.2. The topological polar surface area (TPSA) is 116 Å². The molecule has 0 atom stereocenters. The van der Waals surface area contributed by atoms with E-state index >= 15 is 0 Å². The van der Waals surface area contributed by atoms with Crippen LogP contribution in [0.25, 0.3) is 0 Å². The molecule has 0 amide bonds. The molecule has 0 aromatic rings. The molecule has 0 unspecified atom stereocenters. The zero-order valence-corrected chi connectivity index (χ0v) is 7.06. The van der Waals surface area contributed by atoms with Crippen LogP contribution in [0.15, 0.2) is 5.16 Å². The molecule has 0 aliphatic rings. The van der Waals surface area contributed by atoms with Crippen LogP contribution < -0.4 is 0 Å². The van der Waals surface area contributed by atoms with Crippen molar-refractivity contribution in [3.63, 3.8) is 0 Å². The van der Waals surface area contributed by atoms with Crippen LogP contribution in [0.1, 0.15) is 0 Å². The first-order chi connectivity index (χ1) is 5.37. The predicted octanol–water partition coefficient (Wildman–Crippen LogP) is -0.749. The van der Waals surface area contributed by atoms with Crippen LogP contribution in [0.4, 0.5) is 0 Å². The lowest BCUT2D eigenvalue weighted by atomic mass is 10.4. The maximum atomic E-state index is 10.3. The fourth-order valence-corrected chi connectivity index (χ4v) is 1.02. The van der Waals surface area contributed by atoms with Gasteiger partial charge in [0.2, 0.25) is 0 Å². The maximum absolute atomic E-state index is 10.3. The Morgan fingerprint density at radius 3 is 2.33 bits per heavy atom. The van der Waals surface area contributed by atoms with Gasteiger partial charge in [-0.25, -0.2) is 4.79 Å². The van der Waals surface area contributed by atoms with Crippen molar-refractivity contribution >= 4 is 19.3 Å². The summed E-state index contributed by atoms with van der Waals surface area (Å²) in [6.45, 7) is 0. The number of carboxylic acids is 1. The number of carbonyl (C=O) groups is 1. The summed E-state index contributed by atoms with van der Waals surface area (Å²) in [7, 11) is -3.31. The third-order valence-corrected chi connectivity index (χ3v) is 1.52. The second-order valence-electron chi connectivity index (χ2n) is 1.85. The molecule has 7 nitrogen and oxygen atoms in total. The van der Waals surface area contributed by atoms with Crippen molar-refractivity contribution in [3.8, 4) is 0 Å². The van der Waals surface area contributed by atoms with Gasteiger partial charge in [-0.1, -0.05) is 5.16 Å². The van der Waals surface area contributed by atoms with Gasteiger partial charge in [-0.2, -0.15) is 0 Å². The number of nitrogens with zero attached hydrogens (tertiary/aromatic N) is 1. The van der Waals surface area contributed by atoms with Gasteiger partial charge in [0.15, 0.2) is 5.71 Å². The molecule has 3 N–H and O–H groups in total. The van der Waals surface area contributed by atoms with Crippen LogP contribution >= 0.6 is 7.60 Å². The molecule has 70 valence electrons. The fourth-order valence-electron chi connectivity index (χ4n) is 0.441. The number of rotatable bonds is 4. The largest absolute Gasteiger partial charge is 0.477 e. The maximum Gasteiger partial charge on any atom is 0.354 e. The second kappa shape index (κ2) is 4.20. The Hall–Kier alpha value is -0.910. The summed E-state index contributed by atoms with van der Waals surface area (Å²) in [6.07, 6.45) is -0.934. The lowest BCUT2D eigenvalue weighted by molar-refractivity contribution is -0.129. The van der Waals surface area contributed by atoms with E-state index in [-0.39, 0.29) is 0 Å². The molecular formula is C4H8NO6P. The van der Waals surface area contributed by atoms with Gasteiger partial charge >= 0.3 is 13.6 Å². The Morgan fingerprint density at radius 2 is 2.08 bits per heavy atom. The van der Waals surface area contributed by atoms with E-state index in [1.54, 1.807) is 0 Å². The summed E-state index contributed by atoms with van der Waals surface area (Å²) >= 11 is 0. The van der Waals surface area contributed by atoms with Gasteiger partial charge in [0, 0.05) is 0 Å². The fraction of sp³-hybridized carbons (Fsp3) is 0.500. The Kier molecular flexibility index (Phi) is 3.88. The third kappa shape index (κ3) is 4.84. The monoisotopic (exact) mass is 197 g/mol. The van der Waals surface area contributed by atoms with E-state index < -0.39 is 25.4 Å². The first-order valence-electron chi connectivity index (χ1n) is 2.74. The highest BCUT2D eigenvalue weighted by molar-refractivity contribution is 7.53. The van der Waals surface area contributed by atoms with Crippen LogP contribution in [0, 0.1) is 0 Å².